The third-order valence-corrected chi connectivity index (χ3v) is 2.38. The standard InChI is InChI=1S/C11H16N4/c1-7(2)4-10-9-5-8(12)6-13-11(9)15(3)14-10/h5-7H,4,12H2,1-3H3. The van der Waals surface area contributed by atoms with Gasteiger partial charge in [-0.05, 0) is 18.4 Å². The Morgan fingerprint density at radius 3 is 2.87 bits per heavy atom. The summed E-state index contributed by atoms with van der Waals surface area (Å²) in [6, 6.07) is 1.95. The van der Waals surface area contributed by atoms with Crippen LogP contribution in [0.1, 0.15) is 19.5 Å². The lowest BCUT2D eigenvalue weighted by molar-refractivity contribution is 0.624. The molecule has 0 radical (unpaired) electrons. The molecule has 2 aromatic rings. The molecule has 0 spiro atoms. The minimum absolute atomic E-state index is 0.588. The summed E-state index contributed by atoms with van der Waals surface area (Å²) in [5, 5.41) is 5.54. The monoisotopic (exact) mass is 204 g/mol. The lowest BCUT2D eigenvalue weighted by Gasteiger charge is -2.00. The zero-order chi connectivity index (χ0) is 11.0. The van der Waals surface area contributed by atoms with E-state index >= 15 is 0 Å². The van der Waals surface area contributed by atoms with Crippen LogP contribution in [-0.4, -0.2) is 14.8 Å². The molecular weight excluding hydrogens is 188 g/mol. The molecular formula is C11H16N4. The number of nitrogens with zero attached hydrogens (tertiary/aromatic N) is 3. The Labute approximate surface area is 89.1 Å². The summed E-state index contributed by atoms with van der Waals surface area (Å²) in [4.78, 5) is 4.28. The fraction of sp³-hybridized carbons (Fsp3) is 0.455. The first-order valence-electron chi connectivity index (χ1n) is 5.15. The summed E-state index contributed by atoms with van der Waals surface area (Å²) in [5.74, 6) is 0.588. The molecule has 0 atom stereocenters. The van der Waals surface area contributed by atoms with Crippen LogP contribution in [0.3, 0.4) is 0 Å². The van der Waals surface area contributed by atoms with Gasteiger partial charge in [0.1, 0.15) is 0 Å². The van der Waals surface area contributed by atoms with Crippen LogP contribution >= 0.6 is 0 Å². The summed E-state index contributed by atoms with van der Waals surface area (Å²) in [6.45, 7) is 4.36. The normalized spacial score (nSPS) is 11.5. The van der Waals surface area contributed by atoms with E-state index < -0.39 is 0 Å². The first kappa shape index (κ1) is 9.96. The molecule has 0 aliphatic carbocycles. The summed E-state index contributed by atoms with van der Waals surface area (Å²) in [5.41, 5.74) is 8.42. The number of fused-ring (bicyclic) bond motifs is 1. The van der Waals surface area contributed by atoms with Gasteiger partial charge < -0.3 is 5.73 Å². The number of aryl methyl sites for hydroxylation is 1. The van der Waals surface area contributed by atoms with Gasteiger partial charge in [-0.15, -0.1) is 0 Å². The second-order valence-corrected chi connectivity index (χ2v) is 4.31. The Morgan fingerprint density at radius 2 is 2.20 bits per heavy atom. The predicted octanol–water partition coefficient (Wildman–Crippen LogP) is 1.75. The van der Waals surface area contributed by atoms with Crippen molar-refractivity contribution in [1.29, 1.82) is 0 Å². The minimum Gasteiger partial charge on any atom is -0.397 e. The maximum absolute atomic E-state index is 5.73. The molecule has 0 aliphatic rings. The molecule has 0 saturated carbocycles. The summed E-state index contributed by atoms with van der Waals surface area (Å²) >= 11 is 0. The molecule has 0 fully saturated rings. The number of pyridine rings is 1. The number of hydrogen-bond donors (Lipinski definition) is 1. The van der Waals surface area contributed by atoms with Gasteiger partial charge in [0.25, 0.3) is 0 Å². The third kappa shape index (κ3) is 1.79. The van der Waals surface area contributed by atoms with Gasteiger partial charge in [0.05, 0.1) is 17.6 Å². The SMILES string of the molecule is CC(C)Cc1nn(C)c2ncc(N)cc12. The van der Waals surface area contributed by atoms with Crippen LogP contribution < -0.4 is 5.73 Å². The molecule has 0 aliphatic heterocycles. The van der Waals surface area contributed by atoms with E-state index in [1.54, 1.807) is 6.20 Å². The number of anilines is 1. The Hall–Kier alpha value is -1.58. The summed E-state index contributed by atoms with van der Waals surface area (Å²) in [7, 11) is 1.91. The average Bonchev–Trinajstić information content (AvgIpc) is 2.42. The highest BCUT2D eigenvalue weighted by Gasteiger charge is 2.10. The van der Waals surface area contributed by atoms with E-state index in [-0.39, 0.29) is 0 Å². The Morgan fingerprint density at radius 1 is 1.47 bits per heavy atom. The average molecular weight is 204 g/mol. The highest BCUT2D eigenvalue weighted by molar-refractivity contribution is 5.81. The molecule has 4 heteroatoms. The minimum atomic E-state index is 0.588. The maximum Gasteiger partial charge on any atom is 0.157 e. The van der Waals surface area contributed by atoms with Gasteiger partial charge in [0.2, 0.25) is 0 Å². The molecule has 4 nitrogen and oxygen atoms in total. The zero-order valence-electron chi connectivity index (χ0n) is 9.36. The van der Waals surface area contributed by atoms with Gasteiger partial charge in [-0.25, -0.2) is 4.98 Å². The molecule has 0 amide bonds. The zero-order valence-corrected chi connectivity index (χ0v) is 9.36. The summed E-state index contributed by atoms with van der Waals surface area (Å²) in [6.07, 6.45) is 2.63. The Kier molecular flexibility index (Phi) is 2.34. The number of nitrogen functional groups attached to an aromatic ring is 1. The van der Waals surface area contributed by atoms with Crippen molar-refractivity contribution >= 4 is 16.7 Å². The van der Waals surface area contributed by atoms with E-state index in [9.17, 15) is 0 Å². The molecule has 0 bridgehead atoms. The highest BCUT2D eigenvalue weighted by atomic mass is 15.3. The van der Waals surface area contributed by atoms with Crippen LogP contribution in [0.2, 0.25) is 0 Å². The van der Waals surface area contributed by atoms with E-state index in [0.29, 0.717) is 11.6 Å². The molecule has 2 rings (SSSR count). The van der Waals surface area contributed by atoms with E-state index in [0.717, 1.165) is 23.1 Å². The van der Waals surface area contributed by atoms with Crippen LogP contribution in [0, 0.1) is 5.92 Å². The quantitative estimate of drug-likeness (QED) is 0.810. The van der Waals surface area contributed by atoms with Crippen LogP contribution in [0.25, 0.3) is 11.0 Å². The first-order valence-corrected chi connectivity index (χ1v) is 5.15. The topological polar surface area (TPSA) is 56.7 Å². The van der Waals surface area contributed by atoms with Gasteiger partial charge in [-0.3, -0.25) is 4.68 Å². The van der Waals surface area contributed by atoms with Crippen molar-refractivity contribution in [3.8, 4) is 0 Å². The van der Waals surface area contributed by atoms with Crippen molar-refractivity contribution < 1.29 is 0 Å². The fourth-order valence-corrected chi connectivity index (χ4v) is 1.76. The largest absolute Gasteiger partial charge is 0.397 e. The lowest BCUT2D eigenvalue weighted by Crippen LogP contribution is -1.97. The van der Waals surface area contributed by atoms with E-state index in [2.05, 4.69) is 23.9 Å². The number of hydrogen-bond acceptors (Lipinski definition) is 3. The predicted molar refractivity (Wildman–Crippen MR) is 61.5 cm³/mol. The van der Waals surface area contributed by atoms with E-state index in [1.165, 1.54) is 0 Å². The Balaban J connectivity index is 2.59. The molecule has 0 saturated heterocycles. The van der Waals surface area contributed by atoms with Crippen LogP contribution in [-0.2, 0) is 13.5 Å². The van der Waals surface area contributed by atoms with Crippen molar-refractivity contribution in [3.05, 3.63) is 18.0 Å². The van der Waals surface area contributed by atoms with Crippen LogP contribution in [0.5, 0.6) is 0 Å². The molecule has 0 aromatic carbocycles. The number of aromatic nitrogens is 3. The Bertz CT molecular complexity index is 485. The molecule has 2 aromatic heterocycles. The first-order chi connectivity index (χ1) is 7.08. The van der Waals surface area contributed by atoms with E-state index in [4.69, 9.17) is 5.73 Å². The van der Waals surface area contributed by atoms with Crippen molar-refractivity contribution in [2.75, 3.05) is 5.73 Å². The highest BCUT2D eigenvalue weighted by Crippen LogP contribution is 2.20. The molecule has 2 heterocycles. The van der Waals surface area contributed by atoms with Crippen molar-refractivity contribution in [2.24, 2.45) is 13.0 Å². The van der Waals surface area contributed by atoms with Crippen LogP contribution in [0.15, 0.2) is 12.3 Å². The number of nitrogens with two attached hydrogens (primary N) is 1. The van der Waals surface area contributed by atoms with Gasteiger partial charge in [-0.1, -0.05) is 13.8 Å². The molecule has 2 N–H and O–H groups in total. The van der Waals surface area contributed by atoms with Gasteiger partial charge in [-0.2, -0.15) is 5.10 Å². The molecule has 80 valence electrons. The van der Waals surface area contributed by atoms with Crippen molar-refractivity contribution in [1.82, 2.24) is 14.8 Å². The second kappa shape index (κ2) is 3.53. The van der Waals surface area contributed by atoms with Gasteiger partial charge in [0, 0.05) is 12.4 Å². The smallest absolute Gasteiger partial charge is 0.157 e. The van der Waals surface area contributed by atoms with Gasteiger partial charge in [0.15, 0.2) is 5.65 Å². The fourth-order valence-electron chi connectivity index (χ4n) is 1.76. The summed E-state index contributed by atoms with van der Waals surface area (Å²) < 4.78 is 1.81. The lowest BCUT2D eigenvalue weighted by atomic mass is 10.1. The van der Waals surface area contributed by atoms with E-state index in [1.807, 2.05) is 17.8 Å². The van der Waals surface area contributed by atoms with Crippen LogP contribution in [0.4, 0.5) is 5.69 Å². The van der Waals surface area contributed by atoms with Crippen molar-refractivity contribution in [3.63, 3.8) is 0 Å². The number of rotatable bonds is 2. The second-order valence-electron chi connectivity index (χ2n) is 4.31. The maximum atomic E-state index is 5.73. The van der Waals surface area contributed by atoms with Crippen molar-refractivity contribution in [2.45, 2.75) is 20.3 Å². The van der Waals surface area contributed by atoms with Gasteiger partial charge >= 0.3 is 0 Å². The molecule has 15 heavy (non-hydrogen) atoms. The molecule has 0 unspecified atom stereocenters. The third-order valence-electron chi connectivity index (χ3n) is 2.38.